The van der Waals surface area contributed by atoms with Crippen LogP contribution in [0.15, 0.2) is 42.5 Å². The molecule has 0 fully saturated rings. The van der Waals surface area contributed by atoms with E-state index in [1.807, 2.05) is 0 Å². The molecule has 25 heavy (non-hydrogen) atoms. The minimum Gasteiger partial charge on any atom is -0.504 e. The zero-order chi connectivity index (χ0) is 18.4. The second-order valence-electron chi connectivity index (χ2n) is 5.50. The highest BCUT2D eigenvalue weighted by atomic mass is 16.5. The third-order valence-electron chi connectivity index (χ3n) is 3.89. The van der Waals surface area contributed by atoms with Crippen LogP contribution in [0.3, 0.4) is 0 Å². The molecule has 6 heteroatoms. The van der Waals surface area contributed by atoms with Gasteiger partial charge in [-0.25, -0.2) is 0 Å². The van der Waals surface area contributed by atoms with Crippen molar-refractivity contribution < 1.29 is 29.9 Å². The Balaban J connectivity index is 2.35. The minimum absolute atomic E-state index is 0.00395. The summed E-state index contributed by atoms with van der Waals surface area (Å²) in [6.45, 7) is -0.420. The van der Waals surface area contributed by atoms with Crippen molar-refractivity contribution in [1.29, 1.82) is 0 Å². The Hall–Kier alpha value is -2.70. The normalized spacial score (nSPS) is 13.6. The summed E-state index contributed by atoms with van der Waals surface area (Å²) < 4.78 is 10.2. The third-order valence-corrected chi connectivity index (χ3v) is 3.89. The Bertz CT molecular complexity index is 741. The summed E-state index contributed by atoms with van der Waals surface area (Å²) in [6.07, 6.45) is 2.47. The third kappa shape index (κ3) is 4.43. The van der Waals surface area contributed by atoms with Gasteiger partial charge in [-0.05, 0) is 35.4 Å². The summed E-state index contributed by atoms with van der Waals surface area (Å²) in [6, 6.07) is 9.62. The maximum atomic E-state index is 10.2. The molecule has 0 aliphatic carbocycles. The van der Waals surface area contributed by atoms with E-state index in [0.717, 1.165) is 5.56 Å². The van der Waals surface area contributed by atoms with Crippen molar-refractivity contribution in [3.05, 3.63) is 53.6 Å². The van der Waals surface area contributed by atoms with Gasteiger partial charge in [0, 0.05) is 5.92 Å². The number of aromatic hydroxyl groups is 2. The molecule has 2 aromatic rings. The van der Waals surface area contributed by atoms with Crippen LogP contribution in [0.2, 0.25) is 0 Å². The van der Waals surface area contributed by atoms with Gasteiger partial charge in [0.15, 0.2) is 23.0 Å². The lowest BCUT2D eigenvalue weighted by Gasteiger charge is -2.19. The van der Waals surface area contributed by atoms with Gasteiger partial charge in [-0.15, -0.1) is 0 Å². The molecule has 0 saturated heterocycles. The van der Waals surface area contributed by atoms with E-state index in [9.17, 15) is 20.4 Å². The van der Waals surface area contributed by atoms with E-state index < -0.39 is 18.6 Å². The van der Waals surface area contributed by atoms with Gasteiger partial charge in [-0.1, -0.05) is 24.3 Å². The number of hydrogen-bond acceptors (Lipinski definition) is 6. The van der Waals surface area contributed by atoms with Gasteiger partial charge in [-0.3, -0.25) is 0 Å². The predicted molar refractivity (Wildman–Crippen MR) is 94.2 cm³/mol. The molecule has 0 aromatic heterocycles. The average Bonchev–Trinajstić information content (AvgIpc) is 2.63. The smallest absolute Gasteiger partial charge is 0.161 e. The number of methoxy groups -OCH3 is 2. The highest BCUT2D eigenvalue weighted by Crippen LogP contribution is 2.32. The van der Waals surface area contributed by atoms with Crippen molar-refractivity contribution in [2.45, 2.75) is 12.0 Å². The van der Waals surface area contributed by atoms with Gasteiger partial charge >= 0.3 is 0 Å². The fourth-order valence-electron chi connectivity index (χ4n) is 2.49. The van der Waals surface area contributed by atoms with Crippen LogP contribution < -0.4 is 9.47 Å². The van der Waals surface area contributed by atoms with E-state index in [1.165, 1.54) is 26.4 Å². The van der Waals surface area contributed by atoms with Gasteiger partial charge in [0.25, 0.3) is 0 Å². The van der Waals surface area contributed by atoms with Crippen molar-refractivity contribution in [1.82, 2.24) is 0 Å². The molecule has 0 aliphatic rings. The van der Waals surface area contributed by atoms with Crippen molar-refractivity contribution in [2.24, 2.45) is 0 Å². The lowest BCUT2D eigenvalue weighted by molar-refractivity contribution is 0.0842. The van der Waals surface area contributed by atoms with Crippen molar-refractivity contribution >= 4 is 6.08 Å². The standard InChI is InChI=1S/C19H22O6/c1-24-18-9-12(4-7-15(18)21)3-6-14(17(23)11-20)13-5-8-16(22)19(10-13)25-2/h3-10,14,17,20-23H,11H2,1-2H3/b6-3+/t14-,17+/m0/s1. The molecule has 0 radical (unpaired) electrons. The summed E-state index contributed by atoms with van der Waals surface area (Å²) >= 11 is 0. The van der Waals surface area contributed by atoms with Crippen LogP contribution in [-0.2, 0) is 0 Å². The quantitative estimate of drug-likeness (QED) is 0.614. The van der Waals surface area contributed by atoms with Crippen LogP contribution in [-0.4, -0.2) is 47.4 Å². The lowest BCUT2D eigenvalue weighted by atomic mass is 9.92. The Morgan fingerprint density at radius 1 is 0.960 bits per heavy atom. The molecule has 134 valence electrons. The molecule has 0 saturated carbocycles. The molecule has 2 atom stereocenters. The van der Waals surface area contributed by atoms with E-state index in [0.29, 0.717) is 11.3 Å². The van der Waals surface area contributed by atoms with Crippen molar-refractivity contribution in [2.75, 3.05) is 20.8 Å². The van der Waals surface area contributed by atoms with Crippen LogP contribution in [0.5, 0.6) is 23.0 Å². The molecule has 6 nitrogen and oxygen atoms in total. The Kier molecular flexibility index (Phi) is 6.27. The molecule has 2 rings (SSSR count). The SMILES string of the molecule is COc1cc(/C=C/[C@@H](c2ccc(O)c(OC)c2)[C@H](O)CO)ccc1O. The largest absolute Gasteiger partial charge is 0.504 e. The van der Waals surface area contributed by atoms with Gasteiger partial charge in [-0.2, -0.15) is 0 Å². The molecule has 2 aromatic carbocycles. The molecule has 0 bridgehead atoms. The summed E-state index contributed by atoms with van der Waals surface area (Å²) in [5.41, 5.74) is 1.44. The number of phenols is 2. The summed E-state index contributed by atoms with van der Waals surface area (Å²) in [7, 11) is 2.90. The predicted octanol–water partition coefficient (Wildman–Crippen LogP) is 2.27. The minimum atomic E-state index is -1.02. The average molecular weight is 346 g/mol. The van der Waals surface area contributed by atoms with E-state index in [2.05, 4.69) is 0 Å². The second kappa shape index (κ2) is 8.41. The van der Waals surface area contributed by atoms with Gasteiger partial charge in [0.05, 0.1) is 26.9 Å². The molecular formula is C19H22O6. The highest BCUT2D eigenvalue weighted by molar-refractivity contribution is 5.57. The zero-order valence-corrected chi connectivity index (χ0v) is 14.1. The van der Waals surface area contributed by atoms with Gasteiger partial charge in [0.1, 0.15) is 0 Å². The van der Waals surface area contributed by atoms with Crippen molar-refractivity contribution in [3.8, 4) is 23.0 Å². The number of aliphatic hydroxyl groups excluding tert-OH is 2. The number of rotatable bonds is 7. The van der Waals surface area contributed by atoms with E-state index >= 15 is 0 Å². The summed E-state index contributed by atoms with van der Waals surface area (Å²) in [5.74, 6) is 0.143. The summed E-state index contributed by atoms with van der Waals surface area (Å²) in [5, 5.41) is 38.9. The second-order valence-corrected chi connectivity index (χ2v) is 5.50. The molecule has 0 amide bonds. The van der Waals surface area contributed by atoms with Crippen LogP contribution in [0, 0.1) is 0 Å². The molecule has 0 unspecified atom stereocenters. The first-order chi connectivity index (χ1) is 12.0. The number of benzene rings is 2. The first-order valence-corrected chi connectivity index (χ1v) is 7.71. The van der Waals surface area contributed by atoms with E-state index in [1.54, 1.807) is 36.4 Å². The lowest BCUT2D eigenvalue weighted by Crippen LogP contribution is -2.21. The monoisotopic (exact) mass is 346 g/mol. The fourth-order valence-corrected chi connectivity index (χ4v) is 2.49. The first kappa shape index (κ1) is 18.6. The van der Waals surface area contributed by atoms with E-state index in [4.69, 9.17) is 9.47 Å². The Morgan fingerprint density at radius 3 is 2.16 bits per heavy atom. The molecule has 0 heterocycles. The summed E-state index contributed by atoms with van der Waals surface area (Å²) in [4.78, 5) is 0. The number of hydrogen-bond donors (Lipinski definition) is 4. The highest BCUT2D eigenvalue weighted by Gasteiger charge is 2.19. The van der Waals surface area contributed by atoms with Crippen LogP contribution in [0.25, 0.3) is 6.08 Å². The van der Waals surface area contributed by atoms with E-state index in [-0.39, 0.29) is 17.2 Å². The number of aliphatic hydroxyl groups is 2. The maximum absolute atomic E-state index is 10.2. The topological polar surface area (TPSA) is 99.4 Å². The van der Waals surface area contributed by atoms with Gasteiger partial charge in [0.2, 0.25) is 0 Å². The maximum Gasteiger partial charge on any atom is 0.161 e. The number of ether oxygens (including phenoxy) is 2. The van der Waals surface area contributed by atoms with Crippen LogP contribution in [0.1, 0.15) is 17.0 Å². The van der Waals surface area contributed by atoms with Crippen LogP contribution >= 0.6 is 0 Å². The number of phenolic OH excluding ortho intramolecular Hbond substituents is 2. The first-order valence-electron chi connectivity index (χ1n) is 7.71. The zero-order valence-electron chi connectivity index (χ0n) is 14.1. The van der Waals surface area contributed by atoms with Gasteiger partial charge < -0.3 is 29.9 Å². The molecule has 4 N–H and O–H groups in total. The van der Waals surface area contributed by atoms with Crippen LogP contribution in [0.4, 0.5) is 0 Å². The van der Waals surface area contributed by atoms with Crippen molar-refractivity contribution in [3.63, 3.8) is 0 Å². The fraction of sp³-hybridized carbons (Fsp3) is 0.263. The Labute approximate surface area is 146 Å². The molecular weight excluding hydrogens is 324 g/mol. The molecule has 0 spiro atoms. The Morgan fingerprint density at radius 2 is 1.56 bits per heavy atom. The molecule has 0 aliphatic heterocycles.